The maximum absolute atomic E-state index is 13.1. The molecule has 1 aliphatic heterocycles. The van der Waals surface area contributed by atoms with Crippen LogP contribution in [0.25, 0.3) is 22.1 Å². The Balaban J connectivity index is 1.47. The van der Waals surface area contributed by atoms with E-state index in [0.29, 0.717) is 48.4 Å². The van der Waals surface area contributed by atoms with Crippen LogP contribution in [0.15, 0.2) is 62.2 Å². The van der Waals surface area contributed by atoms with Crippen LogP contribution in [0.1, 0.15) is 10.6 Å². The van der Waals surface area contributed by atoms with Crippen LogP contribution in [0.4, 0.5) is 5.69 Å². The smallest absolute Gasteiger partial charge is 0.420 e. The minimum absolute atomic E-state index is 0.0563. The number of furan rings is 1. The third-order valence-corrected chi connectivity index (χ3v) is 5.23. The summed E-state index contributed by atoms with van der Waals surface area (Å²) in [4.78, 5) is 39.8. The predicted octanol–water partition coefficient (Wildman–Crippen LogP) is 2.45. The zero-order valence-corrected chi connectivity index (χ0v) is 16.5. The van der Waals surface area contributed by atoms with Crippen LogP contribution < -0.4 is 11.1 Å². The summed E-state index contributed by atoms with van der Waals surface area (Å²) in [6.45, 7) is 1.52. The van der Waals surface area contributed by atoms with Crippen LogP contribution in [-0.2, 0) is 16.1 Å². The number of fused-ring (bicyclic) bond motifs is 2. The van der Waals surface area contributed by atoms with Gasteiger partial charge < -0.3 is 23.8 Å². The molecule has 1 N–H and O–H groups in total. The lowest BCUT2D eigenvalue weighted by atomic mass is 10.2. The fourth-order valence-electron chi connectivity index (χ4n) is 3.72. The van der Waals surface area contributed by atoms with Crippen molar-refractivity contribution in [1.29, 1.82) is 0 Å². The summed E-state index contributed by atoms with van der Waals surface area (Å²) >= 11 is 0. The Bertz CT molecular complexity index is 1340. The molecule has 2 aromatic carbocycles. The quantitative estimate of drug-likeness (QED) is 0.542. The first-order valence-electron chi connectivity index (χ1n) is 9.88. The van der Waals surface area contributed by atoms with Crippen molar-refractivity contribution in [2.45, 2.75) is 6.54 Å². The van der Waals surface area contributed by atoms with E-state index < -0.39 is 11.7 Å². The molecule has 9 nitrogen and oxygen atoms in total. The van der Waals surface area contributed by atoms with Gasteiger partial charge in [-0.05, 0) is 24.3 Å². The Morgan fingerprint density at radius 3 is 2.45 bits per heavy atom. The van der Waals surface area contributed by atoms with Crippen molar-refractivity contribution in [1.82, 2.24) is 9.47 Å². The van der Waals surface area contributed by atoms with Gasteiger partial charge in [0.2, 0.25) is 11.7 Å². The maximum Gasteiger partial charge on any atom is 0.420 e. The fourth-order valence-corrected chi connectivity index (χ4v) is 3.72. The molecule has 1 aliphatic rings. The molecule has 9 heteroatoms. The molecule has 2 aromatic heterocycles. The Labute approximate surface area is 175 Å². The number of morpholine rings is 1. The number of carbonyl (C=O) groups is 2. The number of hydrogen-bond acceptors (Lipinski definition) is 6. The zero-order chi connectivity index (χ0) is 21.4. The van der Waals surface area contributed by atoms with Crippen LogP contribution in [0.3, 0.4) is 0 Å². The highest BCUT2D eigenvalue weighted by Crippen LogP contribution is 2.32. The van der Waals surface area contributed by atoms with Crippen LogP contribution in [0.2, 0.25) is 0 Å². The van der Waals surface area contributed by atoms with E-state index in [9.17, 15) is 14.4 Å². The fraction of sp³-hybridized carbons (Fsp3) is 0.227. The molecule has 0 aliphatic carbocycles. The van der Waals surface area contributed by atoms with E-state index in [4.69, 9.17) is 13.6 Å². The SMILES string of the molecule is O=C(Cn1c(=O)oc2ccccc21)Nc1c(C(=O)N2CCOCC2)oc2ccccc12. The molecule has 0 radical (unpaired) electrons. The molecular weight excluding hydrogens is 402 g/mol. The molecule has 5 rings (SSSR count). The van der Waals surface area contributed by atoms with Crippen molar-refractivity contribution in [2.24, 2.45) is 0 Å². The first-order chi connectivity index (χ1) is 15.1. The molecule has 3 heterocycles. The van der Waals surface area contributed by atoms with Crippen molar-refractivity contribution in [3.63, 3.8) is 0 Å². The van der Waals surface area contributed by atoms with Gasteiger partial charge in [0.1, 0.15) is 17.8 Å². The van der Waals surface area contributed by atoms with Gasteiger partial charge in [-0.2, -0.15) is 0 Å². The number of rotatable bonds is 4. The summed E-state index contributed by atoms with van der Waals surface area (Å²) in [7, 11) is 0. The van der Waals surface area contributed by atoms with Crippen molar-refractivity contribution in [3.05, 3.63) is 64.8 Å². The van der Waals surface area contributed by atoms with Gasteiger partial charge in [0.05, 0.1) is 18.7 Å². The Morgan fingerprint density at radius 2 is 1.65 bits per heavy atom. The van der Waals surface area contributed by atoms with Gasteiger partial charge in [-0.1, -0.05) is 24.3 Å². The molecule has 4 aromatic rings. The normalized spacial score (nSPS) is 14.3. The maximum atomic E-state index is 13.1. The van der Waals surface area contributed by atoms with Crippen molar-refractivity contribution in [2.75, 3.05) is 31.6 Å². The van der Waals surface area contributed by atoms with Gasteiger partial charge >= 0.3 is 5.76 Å². The van der Waals surface area contributed by atoms with Crippen LogP contribution in [0.5, 0.6) is 0 Å². The number of hydrogen-bond donors (Lipinski definition) is 1. The summed E-state index contributed by atoms with van der Waals surface area (Å²) in [6.07, 6.45) is 0. The number of aromatic nitrogens is 1. The number of nitrogens with one attached hydrogen (secondary N) is 1. The van der Waals surface area contributed by atoms with E-state index in [1.54, 1.807) is 53.4 Å². The number of anilines is 1. The molecule has 0 unspecified atom stereocenters. The molecule has 0 bridgehead atoms. The lowest BCUT2D eigenvalue weighted by molar-refractivity contribution is -0.116. The molecule has 0 atom stereocenters. The van der Waals surface area contributed by atoms with Gasteiger partial charge in [0.15, 0.2) is 5.58 Å². The zero-order valence-electron chi connectivity index (χ0n) is 16.5. The Hall–Kier alpha value is -3.85. The summed E-state index contributed by atoms with van der Waals surface area (Å²) in [5.74, 6) is -1.36. The lowest BCUT2D eigenvalue weighted by Gasteiger charge is -2.26. The van der Waals surface area contributed by atoms with Crippen molar-refractivity contribution in [3.8, 4) is 0 Å². The van der Waals surface area contributed by atoms with Gasteiger partial charge in [-0.3, -0.25) is 14.2 Å². The Kier molecular flexibility index (Phi) is 4.79. The van der Waals surface area contributed by atoms with Crippen LogP contribution in [0, 0.1) is 0 Å². The lowest BCUT2D eigenvalue weighted by Crippen LogP contribution is -2.40. The summed E-state index contributed by atoms with van der Waals surface area (Å²) in [5, 5.41) is 3.38. The van der Waals surface area contributed by atoms with Gasteiger partial charge in [0, 0.05) is 18.5 Å². The topological polar surface area (TPSA) is 107 Å². The molecule has 1 saturated heterocycles. The highest BCUT2D eigenvalue weighted by molar-refractivity contribution is 6.10. The number of oxazole rings is 1. The molecule has 31 heavy (non-hydrogen) atoms. The van der Waals surface area contributed by atoms with Gasteiger partial charge in [0.25, 0.3) is 5.91 Å². The molecule has 158 valence electrons. The van der Waals surface area contributed by atoms with Crippen molar-refractivity contribution < 1.29 is 23.2 Å². The van der Waals surface area contributed by atoms with E-state index in [0.717, 1.165) is 0 Å². The molecular formula is C22H19N3O6. The highest BCUT2D eigenvalue weighted by atomic mass is 16.5. The minimum Gasteiger partial charge on any atom is -0.449 e. The summed E-state index contributed by atoms with van der Waals surface area (Å²) in [5.41, 5.74) is 1.69. The van der Waals surface area contributed by atoms with E-state index in [2.05, 4.69) is 5.32 Å². The van der Waals surface area contributed by atoms with Crippen LogP contribution >= 0.6 is 0 Å². The van der Waals surface area contributed by atoms with E-state index in [1.165, 1.54) is 4.57 Å². The second kappa shape index (κ2) is 7.77. The largest absolute Gasteiger partial charge is 0.449 e. The summed E-state index contributed by atoms with van der Waals surface area (Å²) < 4.78 is 17.5. The third-order valence-electron chi connectivity index (χ3n) is 5.23. The van der Waals surface area contributed by atoms with E-state index >= 15 is 0 Å². The van der Waals surface area contributed by atoms with Crippen LogP contribution in [-0.4, -0.2) is 47.6 Å². The molecule has 2 amide bonds. The van der Waals surface area contributed by atoms with E-state index in [-0.39, 0.29) is 23.9 Å². The first kappa shape index (κ1) is 19.1. The molecule has 0 spiro atoms. The number of carbonyl (C=O) groups excluding carboxylic acids is 2. The van der Waals surface area contributed by atoms with E-state index in [1.807, 2.05) is 0 Å². The van der Waals surface area contributed by atoms with Crippen molar-refractivity contribution >= 4 is 39.6 Å². The van der Waals surface area contributed by atoms with Gasteiger partial charge in [-0.25, -0.2) is 4.79 Å². The molecule has 1 fully saturated rings. The summed E-state index contributed by atoms with van der Waals surface area (Å²) in [6, 6.07) is 14.0. The second-order valence-electron chi connectivity index (χ2n) is 7.18. The first-order valence-corrected chi connectivity index (χ1v) is 9.88. The average molecular weight is 421 g/mol. The number of nitrogens with zero attached hydrogens (tertiary/aromatic N) is 2. The number of benzene rings is 2. The number of ether oxygens (including phenoxy) is 1. The minimum atomic E-state index is -0.627. The standard InChI is InChI=1S/C22H19N3O6/c26-18(13-25-15-6-2-4-8-17(15)31-22(25)28)23-19-14-5-1-3-7-16(14)30-20(19)21(27)24-9-11-29-12-10-24/h1-8H,9-13H2,(H,23,26). The Morgan fingerprint density at radius 1 is 0.935 bits per heavy atom. The molecule has 0 saturated carbocycles. The number of para-hydroxylation sites is 3. The average Bonchev–Trinajstić information content (AvgIpc) is 3.31. The highest BCUT2D eigenvalue weighted by Gasteiger charge is 2.27. The number of amides is 2. The second-order valence-corrected chi connectivity index (χ2v) is 7.18. The van der Waals surface area contributed by atoms with Gasteiger partial charge in [-0.15, -0.1) is 0 Å². The monoisotopic (exact) mass is 421 g/mol. The predicted molar refractivity (Wildman–Crippen MR) is 112 cm³/mol. The third kappa shape index (κ3) is 3.49.